The molecule has 4 nitrogen and oxygen atoms in total. The van der Waals surface area contributed by atoms with Gasteiger partial charge in [0.05, 0.1) is 6.07 Å². The van der Waals surface area contributed by atoms with Gasteiger partial charge in [0.15, 0.2) is 0 Å². The van der Waals surface area contributed by atoms with Crippen molar-refractivity contribution in [2.24, 2.45) is 5.92 Å². The minimum Gasteiger partial charge on any atom is -0.325 e. The Kier molecular flexibility index (Phi) is 4.46. The molecule has 0 bridgehead atoms. The number of nitrogens with zero attached hydrogens (tertiary/aromatic N) is 2. The number of pyridine rings is 1. The molecule has 1 aromatic heterocycles. The number of nitrogens with one attached hydrogen (secondary N) is 1. The molecule has 1 atom stereocenters. The van der Waals surface area contributed by atoms with Crippen molar-refractivity contribution in [2.75, 3.05) is 5.32 Å². The van der Waals surface area contributed by atoms with E-state index in [0.717, 1.165) is 11.1 Å². The van der Waals surface area contributed by atoms with Crippen molar-refractivity contribution in [1.82, 2.24) is 4.98 Å². The van der Waals surface area contributed by atoms with Crippen LogP contribution in [0.15, 0.2) is 48.8 Å². The minimum absolute atomic E-state index is 0.282. The van der Waals surface area contributed by atoms with E-state index in [1.807, 2.05) is 43.3 Å². The third kappa shape index (κ3) is 3.66. The van der Waals surface area contributed by atoms with Crippen molar-refractivity contribution in [1.29, 1.82) is 5.26 Å². The number of hydrogen-bond donors (Lipinski definition) is 1. The zero-order valence-electron chi connectivity index (χ0n) is 11.2. The molecule has 0 spiro atoms. The van der Waals surface area contributed by atoms with Crippen LogP contribution in [0.25, 0.3) is 0 Å². The average molecular weight is 265 g/mol. The van der Waals surface area contributed by atoms with Gasteiger partial charge in [0.2, 0.25) is 5.91 Å². The molecule has 100 valence electrons. The van der Waals surface area contributed by atoms with Gasteiger partial charge in [-0.3, -0.25) is 9.78 Å². The van der Waals surface area contributed by atoms with E-state index in [-0.39, 0.29) is 5.91 Å². The van der Waals surface area contributed by atoms with E-state index in [1.54, 1.807) is 12.4 Å². The fourth-order valence-corrected chi connectivity index (χ4v) is 1.90. The molecule has 4 heteroatoms. The smallest absolute Gasteiger partial charge is 0.242 e. The fourth-order valence-electron chi connectivity index (χ4n) is 1.90. The summed E-state index contributed by atoms with van der Waals surface area (Å²) in [4.78, 5) is 16.0. The monoisotopic (exact) mass is 265 g/mol. The third-order valence-electron chi connectivity index (χ3n) is 2.95. The maximum absolute atomic E-state index is 12.1. The van der Waals surface area contributed by atoms with Crippen LogP contribution in [0.5, 0.6) is 0 Å². The number of anilines is 1. The Balaban J connectivity index is 2.05. The van der Waals surface area contributed by atoms with Crippen molar-refractivity contribution in [3.63, 3.8) is 0 Å². The predicted molar refractivity (Wildman–Crippen MR) is 76.9 cm³/mol. The molecule has 0 fully saturated rings. The molecule has 0 aliphatic carbocycles. The summed E-state index contributed by atoms with van der Waals surface area (Å²) in [7, 11) is 0. The van der Waals surface area contributed by atoms with Gasteiger partial charge < -0.3 is 5.32 Å². The molecule has 20 heavy (non-hydrogen) atoms. The largest absolute Gasteiger partial charge is 0.325 e. The van der Waals surface area contributed by atoms with E-state index in [0.29, 0.717) is 12.1 Å². The van der Waals surface area contributed by atoms with Crippen LogP contribution in [0, 0.1) is 24.2 Å². The lowest BCUT2D eigenvalue weighted by atomic mass is 10.0. The first-order valence-corrected chi connectivity index (χ1v) is 6.35. The molecule has 1 N–H and O–H groups in total. The summed E-state index contributed by atoms with van der Waals surface area (Å²) in [5.41, 5.74) is 2.70. The lowest BCUT2D eigenvalue weighted by molar-refractivity contribution is -0.118. The van der Waals surface area contributed by atoms with Gasteiger partial charge in [-0.1, -0.05) is 12.1 Å². The SMILES string of the molecule is Cc1cccc(NC(=O)[C@H](C#N)Cc2ccncc2)c1. The first kappa shape index (κ1) is 13.8. The van der Waals surface area contributed by atoms with Gasteiger partial charge in [0.1, 0.15) is 5.92 Å². The van der Waals surface area contributed by atoms with Gasteiger partial charge in [-0.2, -0.15) is 5.26 Å². The average Bonchev–Trinajstić information content (AvgIpc) is 2.45. The lowest BCUT2D eigenvalue weighted by Gasteiger charge is -2.10. The molecular weight excluding hydrogens is 250 g/mol. The molecule has 1 aromatic carbocycles. The molecular formula is C16H15N3O. The number of carbonyl (C=O) groups is 1. The second-order valence-corrected chi connectivity index (χ2v) is 4.60. The number of aromatic nitrogens is 1. The normalized spacial score (nSPS) is 11.4. The molecule has 2 aromatic rings. The Hall–Kier alpha value is -2.67. The summed E-state index contributed by atoms with van der Waals surface area (Å²) < 4.78 is 0. The summed E-state index contributed by atoms with van der Waals surface area (Å²) in [5, 5.41) is 11.9. The molecule has 0 aliphatic rings. The standard InChI is InChI=1S/C16H15N3O/c1-12-3-2-4-15(9-12)19-16(20)14(11-17)10-13-5-7-18-8-6-13/h2-9,14H,10H2,1H3,(H,19,20)/t14-/m0/s1. The molecule has 1 amide bonds. The zero-order valence-corrected chi connectivity index (χ0v) is 11.2. The minimum atomic E-state index is -0.710. The van der Waals surface area contributed by atoms with Crippen molar-refractivity contribution in [2.45, 2.75) is 13.3 Å². The Labute approximate surface area is 118 Å². The Morgan fingerprint density at radius 3 is 2.75 bits per heavy atom. The molecule has 0 saturated carbocycles. The van der Waals surface area contributed by atoms with E-state index in [2.05, 4.69) is 16.4 Å². The number of amides is 1. The summed E-state index contributed by atoms with van der Waals surface area (Å²) >= 11 is 0. The Morgan fingerprint density at radius 2 is 2.10 bits per heavy atom. The number of carbonyl (C=O) groups excluding carboxylic acids is 1. The van der Waals surface area contributed by atoms with Gasteiger partial charge in [0.25, 0.3) is 0 Å². The molecule has 1 heterocycles. The topological polar surface area (TPSA) is 65.8 Å². The first-order chi connectivity index (χ1) is 9.69. The van der Waals surface area contributed by atoms with Crippen LogP contribution in [-0.2, 0) is 11.2 Å². The highest BCUT2D eigenvalue weighted by Gasteiger charge is 2.18. The van der Waals surface area contributed by atoms with Crippen molar-refractivity contribution < 1.29 is 4.79 Å². The van der Waals surface area contributed by atoms with Crippen LogP contribution in [0.3, 0.4) is 0 Å². The van der Waals surface area contributed by atoms with Crippen molar-refractivity contribution in [3.8, 4) is 6.07 Å². The maximum Gasteiger partial charge on any atom is 0.242 e. The van der Waals surface area contributed by atoms with Crippen molar-refractivity contribution in [3.05, 3.63) is 59.9 Å². The Bertz CT molecular complexity index is 632. The highest BCUT2D eigenvalue weighted by Crippen LogP contribution is 2.13. The second-order valence-electron chi connectivity index (χ2n) is 4.60. The van der Waals surface area contributed by atoms with Crippen LogP contribution >= 0.6 is 0 Å². The maximum atomic E-state index is 12.1. The predicted octanol–water partition coefficient (Wildman–Crippen LogP) is 2.71. The Morgan fingerprint density at radius 1 is 1.35 bits per heavy atom. The van der Waals surface area contributed by atoms with E-state index >= 15 is 0 Å². The van der Waals surface area contributed by atoms with Gasteiger partial charge in [0, 0.05) is 18.1 Å². The summed E-state index contributed by atoms with van der Waals surface area (Å²) in [5.74, 6) is -0.993. The van der Waals surface area contributed by atoms with Crippen LogP contribution < -0.4 is 5.32 Å². The molecule has 0 unspecified atom stereocenters. The molecule has 0 radical (unpaired) electrons. The highest BCUT2D eigenvalue weighted by atomic mass is 16.1. The van der Waals surface area contributed by atoms with Crippen molar-refractivity contribution >= 4 is 11.6 Å². The third-order valence-corrected chi connectivity index (χ3v) is 2.95. The van der Waals surface area contributed by atoms with E-state index in [9.17, 15) is 4.79 Å². The van der Waals surface area contributed by atoms with Gasteiger partial charge in [-0.05, 0) is 48.7 Å². The molecule has 2 rings (SSSR count). The van der Waals surface area contributed by atoms with Gasteiger partial charge in [-0.15, -0.1) is 0 Å². The summed E-state index contributed by atoms with van der Waals surface area (Å²) in [6.45, 7) is 1.95. The number of rotatable bonds is 4. The molecule has 0 saturated heterocycles. The van der Waals surface area contributed by atoms with Crippen LogP contribution in [0.2, 0.25) is 0 Å². The second kappa shape index (κ2) is 6.48. The number of nitriles is 1. The number of aryl methyl sites for hydroxylation is 1. The fraction of sp³-hybridized carbons (Fsp3) is 0.188. The number of hydrogen-bond acceptors (Lipinski definition) is 3. The summed E-state index contributed by atoms with van der Waals surface area (Å²) in [6.07, 6.45) is 3.70. The van der Waals surface area contributed by atoms with Crippen LogP contribution in [0.1, 0.15) is 11.1 Å². The van der Waals surface area contributed by atoms with E-state index in [4.69, 9.17) is 5.26 Å². The highest BCUT2D eigenvalue weighted by molar-refractivity contribution is 5.94. The number of benzene rings is 1. The van der Waals surface area contributed by atoms with Crippen LogP contribution in [0.4, 0.5) is 5.69 Å². The molecule has 0 aliphatic heterocycles. The lowest BCUT2D eigenvalue weighted by Crippen LogP contribution is -2.23. The van der Waals surface area contributed by atoms with Gasteiger partial charge in [-0.25, -0.2) is 0 Å². The zero-order chi connectivity index (χ0) is 14.4. The van der Waals surface area contributed by atoms with Gasteiger partial charge >= 0.3 is 0 Å². The van der Waals surface area contributed by atoms with Crippen LogP contribution in [-0.4, -0.2) is 10.9 Å². The quantitative estimate of drug-likeness (QED) is 0.924. The first-order valence-electron chi connectivity index (χ1n) is 6.35. The summed E-state index contributed by atoms with van der Waals surface area (Å²) in [6, 6.07) is 13.2. The van der Waals surface area contributed by atoms with E-state index in [1.165, 1.54) is 0 Å². The van der Waals surface area contributed by atoms with E-state index < -0.39 is 5.92 Å².